The van der Waals surface area contributed by atoms with E-state index in [1.807, 2.05) is 0 Å². The summed E-state index contributed by atoms with van der Waals surface area (Å²) in [6, 6.07) is 67.4. The normalized spacial score (nSPS) is 12.9. The quantitative estimate of drug-likeness (QED) is 0.112. The van der Waals surface area contributed by atoms with E-state index in [0.29, 0.717) is 0 Å². The Balaban J connectivity index is 1.12. The summed E-state index contributed by atoms with van der Waals surface area (Å²) in [6.45, 7) is 15.0. The monoisotopic (exact) mass is 908 g/mol. The van der Waals surface area contributed by atoms with Crippen molar-refractivity contribution in [1.29, 1.82) is 0 Å². The number of hydrogen-bond donors (Lipinski definition) is 0. The predicted octanol–water partition coefficient (Wildman–Crippen LogP) is 17.6. The molecular weight excluding hydrogens is 861 g/mol. The van der Waals surface area contributed by atoms with E-state index >= 15 is 0 Å². The largest absolute Gasteiger partial charge is 0.454 e. The number of rotatable bonds is 8. The van der Waals surface area contributed by atoms with Crippen molar-refractivity contribution in [3.63, 3.8) is 0 Å². The maximum Gasteiger partial charge on any atom is 0.160 e. The Bertz CT molecular complexity index is 4010. The van der Waals surface area contributed by atoms with E-state index in [-0.39, 0.29) is 0 Å². The highest BCUT2D eigenvalue weighted by molar-refractivity contribution is 6.91. The van der Waals surface area contributed by atoms with Crippen LogP contribution in [0, 0.1) is 0 Å². The molecule has 68 heavy (non-hydrogen) atoms. The lowest BCUT2D eigenvalue weighted by Gasteiger charge is -2.33. The highest BCUT2D eigenvalue weighted by Gasteiger charge is 2.32. The summed E-state index contributed by atoms with van der Waals surface area (Å²) in [4.78, 5) is 4.97. The molecule has 0 fully saturated rings. The van der Waals surface area contributed by atoms with Crippen LogP contribution in [0.15, 0.2) is 191 Å². The summed E-state index contributed by atoms with van der Waals surface area (Å²) in [5.74, 6) is 0. The molecule has 0 bridgehead atoms. The fraction of sp³-hybridized carbons (Fsp3) is 0.0968. The van der Waals surface area contributed by atoms with Crippen molar-refractivity contribution in [3.05, 3.63) is 182 Å². The van der Waals surface area contributed by atoms with Crippen LogP contribution in [-0.4, -0.2) is 16.1 Å². The lowest BCUT2D eigenvalue weighted by atomic mass is 9.91. The number of benzene rings is 12. The van der Waals surface area contributed by atoms with Crippen molar-refractivity contribution in [2.24, 2.45) is 0 Å². The molecule has 12 aromatic carbocycles. The van der Waals surface area contributed by atoms with Crippen molar-refractivity contribution in [2.75, 3.05) is 9.80 Å². The number of anilines is 6. The molecule has 4 nitrogen and oxygen atoms in total. The maximum absolute atomic E-state index is 6.99. The van der Waals surface area contributed by atoms with Gasteiger partial charge in [-0.05, 0) is 104 Å². The van der Waals surface area contributed by atoms with E-state index in [0.717, 1.165) is 56.5 Å². The molecule has 6 heteroatoms. The first-order valence-electron chi connectivity index (χ1n) is 23.8. The molecule has 0 N–H and O–H groups in total. The molecule has 2 heterocycles. The van der Waals surface area contributed by atoms with Gasteiger partial charge in [-0.15, -0.1) is 0 Å². The summed E-state index contributed by atoms with van der Waals surface area (Å²) in [5.41, 5.74) is 10.2. The summed E-state index contributed by atoms with van der Waals surface area (Å²) >= 11 is 0. The third-order valence-electron chi connectivity index (χ3n) is 14.7. The van der Waals surface area contributed by atoms with E-state index in [4.69, 9.17) is 8.83 Å². The second-order valence-corrected chi connectivity index (χ2v) is 30.9. The highest BCUT2D eigenvalue weighted by atomic mass is 28.3. The predicted molar refractivity (Wildman–Crippen MR) is 297 cm³/mol. The SMILES string of the molecule is C[Si](C)(C)c1cc(N(c2ccccc2)c2ccc3ccc4cccc5oc2c3c45)c2ccc3c([Si](C)(C)C)cc(N(c4ccccc4)c4ccc5ccc6cccc7oc4c5c67)c4ccc1c2c43. The van der Waals surface area contributed by atoms with Crippen LogP contribution in [0.2, 0.25) is 39.3 Å². The lowest BCUT2D eigenvalue weighted by molar-refractivity contribution is 0.669. The summed E-state index contributed by atoms with van der Waals surface area (Å²) in [5, 5.41) is 20.1. The van der Waals surface area contributed by atoms with Gasteiger partial charge in [0, 0.05) is 43.7 Å². The second-order valence-electron chi connectivity index (χ2n) is 20.9. The Hall–Kier alpha value is -7.65. The zero-order chi connectivity index (χ0) is 45.8. The van der Waals surface area contributed by atoms with Crippen molar-refractivity contribution in [2.45, 2.75) is 39.3 Å². The van der Waals surface area contributed by atoms with Gasteiger partial charge in [-0.1, -0.05) is 171 Å². The second kappa shape index (κ2) is 14.0. The minimum atomic E-state index is -2.01. The van der Waals surface area contributed by atoms with Crippen LogP contribution < -0.4 is 20.2 Å². The molecule has 0 aliphatic carbocycles. The average molecular weight is 909 g/mol. The van der Waals surface area contributed by atoms with E-state index in [9.17, 15) is 0 Å². The highest BCUT2D eigenvalue weighted by Crippen LogP contribution is 2.52. The molecule has 0 saturated carbocycles. The third-order valence-corrected chi connectivity index (χ3v) is 18.8. The topological polar surface area (TPSA) is 32.8 Å². The van der Waals surface area contributed by atoms with Gasteiger partial charge in [0.15, 0.2) is 11.2 Å². The zero-order valence-electron chi connectivity index (χ0n) is 39.0. The lowest BCUT2D eigenvalue weighted by Crippen LogP contribution is -2.39. The van der Waals surface area contributed by atoms with E-state index < -0.39 is 16.1 Å². The summed E-state index contributed by atoms with van der Waals surface area (Å²) < 4.78 is 14.0. The molecule has 0 spiro atoms. The van der Waals surface area contributed by atoms with Crippen LogP contribution in [0.1, 0.15) is 0 Å². The minimum absolute atomic E-state index is 0.908. The van der Waals surface area contributed by atoms with Crippen molar-refractivity contribution >= 4 is 158 Å². The van der Waals surface area contributed by atoms with Crippen LogP contribution in [0.25, 0.3) is 97.7 Å². The average Bonchev–Trinajstić information content (AvgIpc) is 3.95. The first kappa shape index (κ1) is 39.5. The Morgan fingerprint density at radius 2 is 0.676 bits per heavy atom. The van der Waals surface area contributed by atoms with Gasteiger partial charge in [0.2, 0.25) is 0 Å². The van der Waals surface area contributed by atoms with Crippen LogP contribution in [0.3, 0.4) is 0 Å². The number of furan rings is 2. The van der Waals surface area contributed by atoms with Gasteiger partial charge in [0.05, 0.1) is 38.9 Å². The maximum atomic E-state index is 6.99. The molecule has 0 atom stereocenters. The van der Waals surface area contributed by atoms with Gasteiger partial charge in [-0.25, -0.2) is 0 Å². The van der Waals surface area contributed by atoms with Gasteiger partial charge in [0.25, 0.3) is 0 Å². The smallest absolute Gasteiger partial charge is 0.160 e. The Morgan fingerprint density at radius 3 is 1.07 bits per heavy atom. The van der Waals surface area contributed by atoms with E-state index in [2.05, 4.69) is 231 Å². The van der Waals surface area contributed by atoms with Gasteiger partial charge < -0.3 is 18.6 Å². The molecule has 14 rings (SSSR count). The molecule has 0 aliphatic heterocycles. The summed E-state index contributed by atoms with van der Waals surface area (Å²) in [7, 11) is -4.03. The first-order valence-corrected chi connectivity index (χ1v) is 30.8. The van der Waals surface area contributed by atoms with Gasteiger partial charge in [-0.2, -0.15) is 0 Å². The Labute approximate surface area is 396 Å². The van der Waals surface area contributed by atoms with Crippen molar-refractivity contribution in [3.8, 4) is 0 Å². The molecule has 0 saturated heterocycles. The van der Waals surface area contributed by atoms with E-state index in [1.165, 1.54) is 85.8 Å². The molecule has 0 unspecified atom stereocenters. The van der Waals surface area contributed by atoms with Crippen LogP contribution in [0.4, 0.5) is 34.1 Å². The van der Waals surface area contributed by atoms with Gasteiger partial charge >= 0.3 is 0 Å². The van der Waals surface area contributed by atoms with Crippen LogP contribution >= 0.6 is 0 Å². The van der Waals surface area contributed by atoms with Crippen molar-refractivity contribution in [1.82, 2.24) is 0 Å². The fourth-order valence-electron chi connectivity index (χ4n) is 11.7. The molecule has 2 aromatic heterocycles. The Kier molecular flexibility index (Phi) is 8.11. The van der Waals surface area contributed by atoms with Gasteiger partial charge in [-0.3, -0.25) is 0 Å². The molecular formula is C62H48N2O2Si2. The molecule has 0 radical (unpaired) electrons. The third kappa shape index (κ3) is 5.53. The minimum Gasteiger partial charge on any atom is -0.454 e. The fourth-order valence-corrected chi connectivity index (χ4v) is 14.9. The molecule has 0 amide bonds. The molecule has 0 aliphatic rings. The molecule has 14 aromatic rings. The molecule has 326 valence electrons. The van der Waals surface area contributed by atoms with Crippen LogP contribution in [-0.2, 0) is 0 Å². The Morgan fingerprint density at radius 1 is 0.309 bits per heavy atom. The van der Waals surface area contributed by atoms with Crippen LogP contribution in [0.5, 0.6) is 0 Å². The zero-order valence-corrected chi connectivity index (χ0v) is 41.0. The van der Waals surface area contributed by atoms with Gasteiger partial charge in [0.1, 0.15) is 11.2 Å². The first-order chi connectivity index (χ1) is 33.0. The standard InChI is InChI=1S/C62H48N2O2Si2/c1-67(2,3)53-35-49(63(41-17-9-7-10-18-41)47-33-27-39-25-23-37-15-13-21-51-55(37)57(39)61(47)65-51)43-30-32-46-54(68(4,5)6)36-50(44-29-31-45(53)59(43)60(44)46)64(42-19-11-8-12-20-42)48-34-28-40-26-24-38-16-14-22-52-56(38)58(40)62(48)66-52/h7-36H,1-6H3. The number of nitrogens with zero attached hydrogens (tertiary/aromatic N) is 2. The van der Waals surface area contributed by atoms with Crippen molar-refractivity contribution < 1.29 is 8.83 Å². The number of hydrogen-bond acceptors (Lipinski definition) is 4. The summed E-state index contributed by atoms with van der Waals surface area (Å²) in [6.07, 6.45) is 0. The van der Waals surface area contributed by atoms with E-state index in [1.54, 1.807) is 0 Å². The number of para-hydroxylation sites is 2.